The SMILES string of the molecule is CN(C)C(CNC(=O)CSCc1cc(=O)n2ccsc2n1)c1ccccc1Cl. The van der Waals surface area contributed by atoms with Crippen molar-refractivity contribution in [2.75, 3.05) is 26.4 Å². The van der Waals surface area contributed by atoms with E-state index < -0.39 is 0 Å². The molecule has 0 aliphatic heterocycles. The Bertz CT molecular complexity index is 1020. The molecule has 0 saturated heterocycles. The van der Waals surface area contributed by atoms with Crippen LogP contribution in [-0.2, 0) is 10.5 Å². The predicted molar refractivity (Wildman–Crippen MR) is 116 cm³/mol. The molecule has 3 aromatic rings. The lowest BCUT2D eigenvalue weighted by molar-refractivity contribution is -0.118. The topological polar surface area (TPSA) is 66.7 Å². The van der Waals surface area contributed by atoms with Gasteiger partial charge in [-0.25, -0.2) is 4.98 Å². The molecule has 3 rings (SSSR count). The molecule has 9 heteroatoms. The summed E-state index contributed by atoms with van der Waals surface area (Å²) in [5.74, 6) is 0.755. The minimum absolute atomic E-state index is 0.00870. The van der Waals surface area contributed by atoms with E-state index in [9.17, 15) is 9.59 Å². The first-order chi connectivity index (χ1) is 13.5. The highest BCUT2D eigenvalue weighted by Crippen LogP contribution is 2.25. The van der Waals surface area contributed by atoms with E-state index >= 15 is 0 Å². The fourth-order valence-electron chi connectivity index (χ4n) is 2.79. The van der Waals surface area contributed by atoms with Gasteiger partial charge in [-0.2, -0.15) is 0 Å². The van der Waals surface area contributed by atoms with E-state index in [-0.39, 0.29) is 17.5 Å². The molecule has 1 N–H and O–H groups in total. The molecule has 0 bridgehead atoms. The van der Waals surface area contributed by atoms with Crippen LogP contribution in [0.15, 0.2) is 46.7 Å². The van der Waals surface area contributed by atoms with Gasteiger partial charge in [-0.05, 0) is 25.7 Å². The van der Waals surface area contributed by atoms with Crippen LogP contribution >= 0.6 is 34.7 Å². The summed E-state index contributed by atoms with van der Waals surface area (Å²) >= 11 is 9.15. The van der Waals surface area contributed by atoms with Crippen LogP contribution in [0, 0.1) is 0 Å². The first-order valence-corrected chi connectivity index (χ1v) is 11.1. The number of aromatic nitrogens is 2. The second-order valence-electron chi connectivity index (χ2n) is 6.44. The van der Waals surface area contributed by atoms with Crippen molar-refractivity contribution < 1.29 is 4.79 Å². The number of carbonyl (C=O) groups excluding carboxylic acids is 1. The Kier molecular flexibility index (Phi) is 7.12. The molecule has 0 aliphatic rings. The lowest BCUT2D eigenvalue weighted by atomic mass is 10.1. The maximum Gasteiger partial charge on any atom is 0.258 e. The van der Waals surface area contributed by atoms with Crippen LogP contribution in [0.4, 0.5) is 0 Å². The Morgan fingerprint density at radius 2 is 2.18 bits per heavy atom. The van der Waals surface area contributed by atoms with Crippen LogP contribution < -0.4 is 10.9 Å². The summed E-state index contributed by atoms with van der Waals surface area (Å²) in [6.07, 6.45) is 1.71. The van der Waals surface area contributed by atoms with Crippen molar-refractivity contribution in [3.05, 3.63) is 68.5 Å². The molecule has 2 aromatic heterocycles. The number of nitrogens with zero attached hydrogens (tertiary/aromatic N) is 3. The fraction of sp³-hybridized carbons (Fsp3) is 0.316. The molecular weight excluding hydrogens is 416 g/mol. The van der Waals surface area contributed by atoms with Crippen molar-refractivity contribution in [2.45, 2.75) is 11.8 Å². The number of likely N-dealkylation sites (N-methyl/N-ethyl adjacent to an activating group) is 1. The van der Waals surface area contributed by atoms with E-state index in [0.717, 1.165) is 5.56 Å². The number of halogens is 1. The maximum atomic E-state index is 12.2. The highest BCUT2D eigenvalue weighted by Gasteiger charge is 2.17. The Hall–Kier alpha value is -1.87. The molecule has 0 aliphatic carbocycles. The standard InChI is InChI=1S/C19H21ClN4O2S2/c1-23(2)16(14-5-3-4-6-15(14)20)10-21-17(25)12-27-11-13-9-18(26)24-7-8-28-19(24)22-13/h3-9,16H,10-12H2,1-2H3,(H,21,25). The van der Waals surface area contributed by atoms with E-state index in [1.807, 2.05) is 48.6 Å². The molecular formula is C19H21ClN4O2S2. The predicted octanol–water partition coefficient (Wildman–Crippen LogP) is 3.06. The maximum absolute atomic E-state index is 12.2. The van der Waals surface area contributed by atoms with Crippen molar-refractivity contribution in [3.8, 4) is 0 Å². The minimum Gasteiger partial charge on any atom is -0.353 e. The average Bonchev–Trinajstić information content (AvgIpc) is 3.12. The number of benzene rings is 1. The molecule has 0 saturated carbocycles. The van der Waals surface area contributed by atoms with Gasteiger partial charge in [0, 0.05) is 35.0 Å². The monoisotopic (exact) mass is 436 g/mol. The van der Waals surface area contributed by atoms with Crippen LogP contribution in [0.2, 0.25) is 5.02 Å². The molecule has 1 aromatic carbocycles. The zero-order chi connectivity index (χ0) is 20.1. The quantitative estimate of drug-likeness (QED) is 0.587. The molecule has 28 heavy (non-hydrogen) atoms. The summed E-state index contributed by atoms with van der Waals surface area (Å²) in [4.78, 5) is 31.4. The van der Waals surface area contributed by atoms with E-state index in [0.29, 0.717) is 33.7 Å². The number of carbonyl (C=O) groups is 1. The van der Waals surface area contributed by atoms with Crippen LogP contribution in [0.25, 0.3) is 4.96 Å². The fourth-order valence-corrected chi connectivity index (χ4v) is 4.53. The highest BCUT2D eigenvalue weighted by molar-refractivity contribution is 7.99. The van der Waals surface area contributed by atoms with Crippen molar-refractivity contribution in [2.24, 2.45) is 0 Å². The summed E-state index contributed by atoms with van der Waals surface area (Å²) < 4.78 is 1.52. The van der Waals surface area contributed by atoms with Crippen molar-refractivity contribution in [1.29, 1.82) is 0 Å². The zero-order valence-corrected chi connectivity index (χ0v) is 18.0. The van der Waals surface area contributed by atoms with E-state index in [2.05, 4.69) is 10.3 Å². The normalized spacial score (nSPS) is 12.4. The Morgan fingerprint density at radius 1 is 1.39 bits per heavy atom. The molecule has 1 unspecified atom stereocenters. The Balaban J connectivity index is 1.52. The Labute approximate surface area is 176 Å². The summed E-state index contributed by atoms with van der Waals surface area (Å²) in [7, 11) is 3.92. The average molecular weight is 437 g/mol. The molecule has 148 valence electrons. The van der Waals surface area contributed by atoms with Gasteiger partial charge in [0.1, 0.15) is 0 Å². The van der Waals surface area contributed by atoms with Gasteiger partial charge in [-0.1, -0.05) is 29.8 Å². The number of thiazole rings is 1. The summed E-state index contributed by atoms with van der Waals surface area (Å²) in [6, 6.07) is 9.16. The molecule has 1 amide bonds. The number of amides is 1. The molecule has 0 radical (unpaired) electrons. The van der Waals surface area contributed by atoms with Crippen molar-refractivity contribution >= 4 is 45.6 Å². The van der Waals surface area contributed by atoms with Crippen molar-refractivity contribution in [1.82, 2.24) is 19.6 Å². The van der Waals surface area contributed by atoms with E-state index in [1.165, 1.54) is 33.6 Å². The number of nitrogens with one attached hydrogen (secondary N) is 1. The minimum atomic E-state index is -0.0973. The molecule has 2 heterocycles. The molecule has 0 fully saturated rings. The van der Waals surface area contributed by atoms with Crippen LogP contribution in [0.5, 0.6) is 0 Å². The molecule has 6 nitrogen and oxygen atoms in total. The van der Waals surface area contributed by atoms with Gasteiger partial charge in [0.05, 0.1) is 17.5 Å². The highest BCUT2D eigenvalue weighted by atomic mass is 35.5. The molecule has 0 spiro atoms. The number of hydrogen-bond acceptors (Lipinski definition) is 6. The lowest BCUT2D eigenvalue weighted by Gasteiger charge is -2.26. The van der Waals surface area contributed by atoms with Crippen LogP contribution in [-0.4, -0.2) is 46.6 Å². The number of rotatable bonds is 8. The van der Waals surface area contributed by atoms with E-state index in [4.69, 9.17) is 11.6 Å². The smallest absolute Gasteiger partial charge is 0.258 e. The second kappa shape index (κ2) is 9.56. The second-order valence-corrected chi connectivity index (χ2v) is 8.70. The first-order valence-electron chi connectivity index (χ1n) is 8.67. The third-order valence-electron chi connectivity index (χ3n) is 4.22. The molecule has 1 atom stereocenters. The third-order valence-corrected chi connectivity index (χ3v) is 6.29. The zero-order valence-electron chi connectivity index (χ0n) is 15.6. The number of thioether (sulfide) groups is 1. The largest absolute Gasteiger partial charge is 0.353 e. The van der Waals surface area contributed by atoms with Crippen molar-refractivity contribution in [3.63, 3.8) is 0 Å². The third kappa shape index (κ3) is 5.14. The van der Waals surface area contributed by atoms with Gasteiger partial charge in [0.25, 0.3) is 5.56 Å². The number of fused-ring (bicyclic) bond motifs is 1. The van der Waals surface area contributed by atoms with Gasteiger partial charge in [0.15, 0.2) is 4.96 Å². The first kappa shape index (κ1) is 20.9. The lowest BCUT2D eigenvalue weighted by Crippen LogP contribution is -2.35. The summed E-state index contributed by atoms with van der Waals surface area (Å²) in [5, 5.41) is 5.48. The van der Waals surface area contributed by atoms with Gasteiger partial charge in [0.2, 0.25) is 5.91 Å². The van der Waals surface area contributed by atoms with Crippen LogP contribution in [0.3, 0.4) is 0 Å². The Morgan fingerprint density at radius 3 is 2.93 bits per heavy atom. The van der Waals surface area contributed by atoms with Crippen LogP contribution in [0.1, 0.15) is 17.3 Å². The van der Waals surface area contributed by atoms with Gasteiger partial charge < -0.3 is 10.2 Å². The summed E-state index contributed by atoms with van der Waals surface area (Å²) in [5.41, 5.74) is 1.57. The number of hydrogen-bond donors (Lipinski definition) is 1. The van der Waals surface area contributed by atoms with Gasteiger partial charge >= 0.3 is 0 Å². The van der Waals surface area contributed by atoms with E-state index in [1.54, 1.807) is 6.20 Å². The van der Waals surface area contributed by atoms with Gasteiger partial charge in [-0.3, -0.25) is 14.0 Å². The van der Waals surface area contributed by atoms with Gasteiger partial charge in [-0.15, -0.1) is 23.1 Å². The summed E-state index contributed by atoms with van der Waals surface area (Å²) in [6.45, 7) is 0.469.